The third-order valence-electron chi connectivity index (χ3n) is 3.25. The molecule has 1 N–H and O–H groups in total. The highest BCUT2D eigenvalue weighted by atomic mass is 16.5. The Morgan fingerprint density at radius 1 is 1.50 bits per heavy atom. The van der Waals surface area contributed by atoms with E-state index in [1.54, 1.807) is 0 Å². The Labute approximate surface area is 95.0 Å². The highest BCUT2D eigenvalue weighted by Crippen LogP contribution is 2.39. The Hall–Kier alpha value is -1.51. The van der Waals surface area contributed by atoms with Crippen LogP contribution in [0, 0.1) is 25.7 Å². The van der Waals surface area contributed by atoms with E-state index in [-0.39, 0.29) is 11.8 Å². The van der Waals surface area contributed by atoms with Gasteiger partial charge in [-0.15, -0.1) is 0 Å². The molecule has 1 aromatic rings. The summed E-state index contributed by atoms with van der Waals surface area (Å²) in [5, 5.41) is 8.76. The molecule has 1 aliphatic rings. The highest BCUT2D eigenvalue weighted by Gasteiger charge is 2.43. The van der Waals surface area contributed by atoms with Gasteiger partial charge in [-0.3, -0.25) is 4.79 Å². The number of ether oxygens (including phenoxy) is 1. The summed E-state index contributed by atoms with van der Waals surface area (Å²) in [6.45, 7) is 4.58. The number of aliphatic carboxylic acids is 1. The third kappa shape index (κ3) is 2.18. The Morgan fingerprint density at radius 2 is 2.25 bits per heavy atom. The van der Waals surface area contributed by atoms with Crippen molar-refractivity contribution in [3.8, 4) is 5.75 Å². The number of benzene rings is 1. The summed E-state index contributed by atoms with van der Waals surface area (Å²) < 4.78 is 5.66. The van der Waals surface area contributed by atoms with E-state index in [0.29, 0.717) is 6.61 Å². The molecule has 86 valence electrons. The molecule has 3 nitrogen and oxygen atoms in total. The zero-order valence-corrected chi connectivity index (χ0v) is 9.56. The van der Waals surface area contributed by atoms with Crippen molar-refractivity contribution in [2.75, 3.05) is 6.61 Å². The minimum atomic E-state index is -0.699. The van der Waals surface area contributed by atoms with Gasteiger partial charge in [-0.1, -0.05) is 12.1 Å². The van der Waals surface area contributed by atoms with Crippen molar-refractivity contribution < 1.29 is 14.6 Å². The average molecular weight is 220 g/mol. The maximum absolute atomic E-state index is 10.6. The molecule has 0 amide bonds. The molecule has 2 rings (SSSR count). The van der Waals surface area contributed by atoms with E-state index in [2.05, 4.69) is 0 Å². The van der Waals surface area contributed by atoms with Crippen molar-refractivity contribution in [2.24, 2.45) is 11.8 Å². The average Bonchev–Trinajstić information content (AvgIpc) is 3.00. The molecule has 2 atom stereocenters. The second-order valence-electron chi connectivity index (χ2n) is 4.45. The van der Waals surface area contributed by atoms with Crippen molar-refractivity contribution in [1.29, 1.82) is 0 Å². The Kier molecular flexibility index (Phi) is 2.86. The van der Waals surface area contributed by atoms with Crippen LogP contribution < -0.4 is 4.74 Å². The van der Waals surface area contributed by atoms with Crippen LogP contribution in [0.3, 0.4) is 0 Å². The lowest BCUT2D eigenvalue weighted by molar-refractivity contribution is -0.138. The number of hydrogen-bond acceptors (Lipinski definition) is 2. The lowest BCUT2D eigenvalue weighted by Crippen LogP contribution is -2.07. The molecule has 16 heavy (non-hydrogen) atoms. The van der Waals surface area contributed by atoms with Gasteiger partial charge in [-0.05, 0) is 37.5 Å². The minimum absolute atomic E-state index is 0.190. The second-order valence-corrected chi connectivity index (χ2v) is 4.45. The quantitative estimate of drug-likeness (QED) is 0.847. The van der Waals surface area contributed by atoms with E-state index < -0.39 is 5.97 Å². The SMILES string of the molecule is Cc1cccc(OCC2CC2C(=O)O)c1C. The standard InChI is InChI=1S/C13H16O3/c1-8-4-3-5-12(9(8)2)16-7-10-6-11(10)13(14)15/h3-5,10-11H,6-7H2,1-2H3,(H,14,15). The van der Waals surface area contributed by atoms with Crippen molar-refractivity contribution in [2.45, 2.75) is 20.3 Å². The first-order chi connectivity index (χ1) is 7.59. The van der Waals surface area contributed by atoms with E-state index in [1.807, 2.05) is 32.0 Å². The summed E-state index contributed by atoms with van der Waals surface area (Å²) in [6.07, 6.45) is 0.750. The second kappa shape index (κ2) is 4.16. The van der Waals surface area contributed by atoms with Gasteiger partial charge >= 0.3 is 5.97 Å². The predicted molar refractivity (Wildman–Crippen MR) is 60.6 cm³/mol. The topological polar surface area (TPSA) is 46.5 Å². The molecule has 0 bridgehead atoms. The van der Waals surface area contributed by atoms with Crippen LogP contribution in [0.25, 0.3) is 0 Å². The van der Waals surface area contributed by atoms with Crippen LogP contribution in [0.2, 0.25) is 0 Å². The van der Waals surface area contributed by atoms with Gasteiger partial charge in [0.2, 0.25) is 0 Å². The molecule has 1 saturated carbocycles. The molecule has 0 aliphatic heterocycles. The molecule has 1 aromatic carbocycles. The van der Waals surface area contributed by atoms with Crippen LogP contribution in [-0.4, -0.2) is 17.7 Å². The summed E-state index contributed by atoms with van der Waals surface area (Å²) >= 11 is 0. The van der Waals surface area contributed by atoms with Gasteiger partial charge in [0.25, 0.3) is 0 Å². The predicted octanol–water partition coefficient (Wildman–Crippen LogP) is 2.40. The van der Waals surface area contributed by atoms with E-state index >= 15 is 0 Å². The first kappa shape index (κ1) is 11.0. The van der Waals surface area contributed by atoms with Crippen molar-refractivity contribution >= 4 is 5.97 Å². The van der Waals surface area contributed by atoms with Gasteiger partial charge in [-0.2, -0.15) is 0 Å². The molecule has 0 radical (unpaired) electrons. The Bertz CT molecular complexity index is 412. The third-order valence-corrected chi connectivity index (χ3v) is 3.25. The highest BCUT2D eigenvalue weighted by molar-refractivity contribution is 5.73. The number of carbonyl (C=O) groups is 1. The summed E-state index contributed by atoms with van der Waals surface area (Å²) in [5.41, 5.74) is 2.33. The lowest BCUT2D eigenvalue weighted by Gasteiger charge is -2.10. The molecule has 3 heteroatoms. The van der Waals surface area contributed by atoms with Crippen LogP contribution >= 0.6 is 0 Å². The van der Waals surface area contributed by atoms with Gasteiger partial charge in [0.05, 0.1) is 12.5 Å². The fourth-order valence-corrected chi connectivity index (χ4v) is 1.81. The largest absolute Gasteiger partial charge is 0.493 e. The fourth-order valence-electron chi connectivity index (χ4n) is 1.81. The van der Waals surface area contributed by atoms with E-state index in [9.17, 15) is 4.79 Å². The van der Waals surface area contributed by atoms with Gasteiger partial charge in [-0.25, -0.2) is 0 Å². The maximum Gasteiger partial charge on any atom is 0.306 e. The van der Waals surface area contributed by atoms with Gasteiger partial charge in [0, 0.05) is 5.92 Å². The number of carboxylic acid groups (broad SMARTS) is 1. The van der Waals surface area contributed by atoms with Crippen LogP contribution in [0.5, 0.6) is 5.75 Å². The smallest absolute Gasteiger partial charge is 0.306 e. The summed E-state index contributed by atoms with van der Waals surface area (Å²) in [4.78, 5) is 10.6. The van der Waals surface area contributed by atoms with Gasteiger partial charge in [0.15, 0.2) is 0 Å². The molecule has 1 fully saturated rings. The molecule has 0 aromatic heterocycles. The molecule has 0 spiro atoms. The van der Waals surface area contributed by atoms with Crippen molar-refractivity contribution in [1.82, 2.24) is 0 Å². The van der Waals surface area contributed by atoms with Gasteiger partial charge < -0.3 is 9.84 Å². The Balaban J connectivity index is 1.91. The molecular formula is C13H16O3. The molecule has 1 aliphatic carbocycles. The normalized spacial score (nSPS) is 22.9. The van der Waals surface area contributed by atoms with Crippen LogP contribution in [0.15, 0.2) is 18.2 Å². The van der Waals surface area contributed by atoms with Crippen LogP contribution in [-0.2, 0) is 4.79 Å². The van der Waals surface area contributed by atoms with Gasteiger partial charge in [0.1, 0.15) is 5.75 Å². The van der Waals surface area contributed by atoms with E-state index in [4.69, 9.17) is 9.84 Å². The first-order valence-corrected chi connectivity index (χ1v) is 5.51. The Morgan fingerprint density at radius 3 is 2.88 bits per heavy atom. The maximum atomic E-state index is 10.6. The van der Waals surface area contributed by atoms with Crippen LogP contribution in [0.4, 0.5) is 0 Å². The van der Waals surface area contributed by atoms with Crippen molar-refractivity contribution in [3.63, 3.8) is 0 Å². The minimum Gasteiger partial charge on any atom is -0.493 e. The zero-order valence-electron chi connectivity index (χ0n) is 9.56. The first-order valence-electron chi connectivity index (χ1n) is 5.51. The number of hydrogen-bond donors (Lipinski definition) is 1. The summed E-state index contributed by atoms with van der Waals surface area (Å²) in [5.74, 6) is 0.174. The zero-order chi connectivity index (χ0) is 11.7. The fraction of sp³-hybridized carbons (Fsp3) is 0.462. The summed E-state index contributed by atoms with van der Waals surface area (Å²) in [6, 6.07) is 5.93. The molecule has 2 unspecified atom stereocenters. The number of carboxylic acids is 1. The number of aryl methyl sites for hydroxylation is 1. The number of rotatable bonds is 4. The van der Waals surface area contributed by atoms with Crippen molar-refractivity contribution in [3.05, 3.63) is 29.3 Å². The summed E-state index contributed by atoms with van der Waals surface area (Å²) in [7, 11) is 0. The molecule has 0 heterocycles. The lowest BCUT2D eigenvalue weighted by atomic mass is 10.1. The van der Waals surface area contributed by atoms with Crippen LogP contribution in [0.1, 0.15) is 17.5 Å². The molecule has 0 saturated heterocycles. The monoisotopic (exact) mass is 220 g/mol. The van der Waals surface area contributed by atoms with E-state index in [1.165, 1.54) is 5.56 Å². The van der Waals surface area contributed by atoms with E-state index in [0.717, 1.165) is 17.7 Å². The molecular weight excluding hydrogens is 204 g/mol.